The van der Waals surface area contributed by atoms with Gasteiger partial charge in [0.05, 0.1) is 5.75 Å². The summed E-state index contributed by atoms with van der Waals surface area (Å²) in [5.41, 5.74) is 0. The van der Waals surface area contributed by atoms with Crippen LogP contribution in [0.1, 0.15) is 26.6 Å². The summed E-state index contributed by atoms with van der Waals surface area (Å²) in [5.74, 6) is -0.0867. The molecule has 1 heterocycles. The third-order valence-electron chi connectivity index (χ3n) is 2.44. The molecule has 20 heavy (non-hydrogen) atoms. The lowest BCUT2D eigenvalue weighted by Gasteiger charge is -2.10. The Balaban J connectivity index is 2.72. The van der Waals surface area contributed by atoms with Crippen molar-refractivity contribution in [1.82, 2.24) is 20.1 Å². The monoisotopic (exact) mass is 300 g/mol. The zero-order chi connectivity index (χ0) is 15.1. The minimum absolute atomic E-state index is 0.102. The highest BCUT2D eigenvalue weighted by Crippen LogP contribution is 2.17. The molecule has 7 nitrogen and oxygen atoms in total. The maximum atomic E-state index is 11.9. The number of carboxylic acids is 1. The average molecular weight is 300 g/mol. The van der Waals surface area contributed by atoms with Gasteiger partial charge >= 0.3 is 5.97 Å². The van der Waals surface area contributed by atoms with Gasteiger partial charge in [-0.05, 0) is 5.92 Å². The number of aromatic nitrogens is 3. The summed E-state index contributed by atoms with van der Waals surface area (Å²) >= 11 is 1.07. The standard InChI is InChI=1S/C12H20N4O3S/c1-4-9-14-15-12(20-7-11(18)19)16(9)6-10(17)13-5-8(2)3/h8H,4-7H2,1-3H3,(H,13,17)(H,18,19). The summed E-state index contributed by atoms with van der Waals surface area (Å²) in [4.78, 5) is 22.5. The van der Waals surface area contributed by atoms with E-state index in [1.807, 2.05) is 20.8 Å². The van der Waals surface area contributed by atoms with Gasteiger partial charge in [-0.15, -0.1) is 10.2 Å². The van der Waals surface area contributed by atoms with Gasteiger partial charge in [-0.1, -0.05) is 32.5 Å². The second kappa shape index (κ2) is 7.88. The second-order valence-corrected chi connectivity index (χ2v) is 5.66. The SMILES string of the molecule is CCc1nnc(SCC(=O)O)n1CC(=O)NCC(C)C. The number of nitrogens with zero attached hydrogens (tertiary/aromatic N) is 3. The van der Waals surface area contributed by atoms with Crippen LogP contribution in [-0.4, -0.2) is 44.0 Å². The van der Waals surface area contributed by atoms with Gasteiger partial charge in [0.1, 0.15) is 12.4 Å². The third kappa shape index (κ3) is 5.20. The molecule has 0 fully saturated rings. The smallest absolute Gasteiger partial charge is 0.313 e. The molecule has 0 aliphatic carbocycles. The normalized spacial score (nSPS) is 10.8. The van der Waals surface area contributed by atoms with Gasteiger partial charge in [-0.2, -0.15) is 0 Å². The molecule has 0 spiro atoms. The predicted octanol–water partition coefficient (Wildman–Crippen LogP) is 0.789. The molecule has 0 unspecified atom stereocenters. The molecule has 0 radical (unpaired) electrons. The zero-order valence-corrected chi connectivity index (χ0v) is 12.7. The number of carboxylic acid groups (broad SMARTS) is 1. The molecule has 0 saturated carbocycles. The van der Waals surface area contributed by atoms with Crippen molar-refractivity contribution < 1.29 is 14.7 Å². The van der Waals surface area contributed by atoms with E-state index < -0.39 is 5.97 Å². The fourth-order valence-corrected chi connectivity index (χ4v) is 2.17. The Morgan fingerprint density at radius 2 is 2.10 bits per heavy atom. The van der Waals surface area contributed by atoms with Crippen molar-refractivity contribution in [2.45, 2.75) is 38.9 Å². The molecular formula is C12H20N4O3S. The van der Waals surface area contributed by atoms with E-state index in [0.717, 1.165) is 11.8 Å². The molecule has 0 aliphatic rings. The summed E-state index contributed by atoms with van der Waals surface area (Å²) < 4.78 is 1.67. The number of rotatable bonds is 8. The van der Waals surface area contributed by atoms with Crippen molar-refractivity contribution in [3.8, 4) is 0 Å². The van der Waals surface area contributed by atoms with Gasteiger partial charge in [0.15, 0.2) is 5.16 Å². The van der Waals surface area contributed by atoms with E-state index in [1.165, 1.54) is 0 Å². The van der Waals surface area contributed by atoms with Crippen LogP contribution in [0, 0.1) is 5.92 Å². The van der Waals surface area contributed by atoms with Gasteiger partial charge in [-0.3, -0.25) is 14.2 Å². The summed E-state index contributed by atoms with van der Waals surface area (Å²) in [6, 6.07) is 0. The first kappa shape index (κ1) is 16.5. The molecule has 8 heteroatoms. The van der Waals surface area contributed by atoms with Crippen LogP contribution >= 0.6 is 11.8 Å². The molecule has 2 N–H and O–H groups in total. The van der Waals surface area contributed by atoms with Crippen molar-refractivity contribution in [3.05, 3.63) is 5.82 Å². The quantitative estimate of drug-likeness (QED) is 0.689. The highest BCUT2D eigenvalue weighted by molar-refractivity contribution is 7.99. The number of hydrogen-bond donors (Lipinski definition) is 2. The number of nitrogens with one attached hydrogen (secondary N) is 1. The molecule has 0 aromatic carbocycles. The van der Waals surface area contributed by atoms with Gasteiger partial charge in [0, 0.05) is 13.0 Å². The van der Waals surface area contributed by atoms with Crippen LogP contribution in [0.5, 0.6) is 0 Å². The van der Waals surface area contributed by atoms with Gasteiger partial charge in [0.2, 0.25) is 5.91 Å². The lowest BCUT2D eigenvalue weighted by molar-refractivity contribution is -0.133. The summed E-state index contributed by atoms with van der Waals surface area (Å²) in [6.45, 7) is 6.68. The topological polar surface area (TPSA) is 97.1 Å². The van der Waals surface area contributed by atoms with Crippen LogP contribution in [-0.2, 0) is 22.6 Å². The summed E-state index contributed by atoms with van der Waals surface area (Å²) in [6.07, 6.45) is 0.637. The minimum atomic E-state index is -0.924. The van der Waals surface area contributed by atoms with Crippen LogP contribution < -0.4 is 5.32 Å². The molecule has 1 amide bonds. The van der Waals surface area contributed by atoms with Gasteiger partial charge in [-0.25, -0.2) is 0 Å². The van der Waals surface area contributed by atoms with E-state index in [9.17, 15) is 9.59 Å². The average Bonchev–Trinajstić information content (AvgIpc) is 2.76. The van der Waals surface area contributed by atoms with E-state index >= 15 is 0 Å². The van der Waals surface area contributed by atoms with E-state index in [0.29, 0.717) is 29.9 Å². The Morgan fingerprint density at radius 1 is 1.40 bits per heavy atom. The molecule has 1 aromatic heterocycles. The maximum Gasteiger partial charge on any atom is 0.313 e. The molecular weight excluding hydrogens is 280 g/mol. The molecule has 112 valence electrons. The fraction of sp³-hybridized carbons (Fsp3) is 0.667. The van der Waals surface area contributed by atoms with Gasteiger partial charge < -0.3 is 10.4 Å². The first-order chi connectivity index (χ1) is 9.43. The van der Waals surface area contributed by atoms with Crippen molar-refractivity contribution in [2.75, 3.05) is 12.3 Å². The molecule has 0 atom stereocenters. The highest BCUT2D eigenvalue weighted by Gasteiger charge is 2.15. The number of carbonyl (C=O) groups excluding carboxylic acids is 1. The summed E-state index contributed by atoms with van der Waals surface area (Å²) in [7, 11) is 0. The first-order valence-electron chi connectivity index (χ1n) is 6.47. The lowest BCUT2D eigenvalue weighted by atomic mass is 10.2. The van der Waals surface area contributed by atoms with Crippen molar-refractivity contribution in [3.63, 3.8) is 0 Å². The van der Waals surface area contributed by atoms with Crippen LogP contribution in [0.25, 0.3) is 0 Å². The molecule has 1 rings (SSSR count). The van der Waals surface area contributed by atoms with E-state index in [2.05, 4.69) is 15.5 Å². The Hall–Kier alpha value is -1.57. The van der Waals surface area contributed by atoms with Gasteiger partial charge in [0.25, 0.3) is 0 Å². The minimum Gasteiger partial charge on any atom is -0.481 e. The van der Waals surface area contributed by atoms with Crippen LogP contribution in [0.4, 0.5) is 0 Å². The lowest BCUT2D eigenvalue weighted by Crippen LogP contribution is -2.31. The largest absolute Gasteiger partial charge is 0.481 e. The predicted molar refractivity (Wildman–Crippen MR) is 75.6 cm³/mol. The number of aliphatic carboxylic acids is 1. The van der Waals surface area contributed by atoms with E-state index in [1.54, 1.807) is 4.57 Å². The molecule has 0 bridgehead atoms. The Morgan fingerprint density at radius 3 is 2.65 bits per heavy atom. The number of amides is 1. The maximum absolute atomic E-state index is 11.9. The van der Waals surface area contributed by atoms with Crippen LogP contribution in [0.15, 0.2) is 5.16 Å². The molecule has 1 aromatic rings. The fourth-order valence-electron chi connectivity index (χ4n) is 1.49. The number of aryl methyl sites for hydroxylation is 1. The summed E-state index contributed by atoms with van der Waals surface area (Å²) in [5, 5.41) is 19.9. The van der Waals surface area contributed by atoms with E-state index in [-0.39, 0.29) is 18.2 Å². The molecule has 0 aliphatic heterocycles. The van der Waals surface area contributed by atoms with Crippen molar-refractivity contribution in [2.24, 2.45) is 5.92 Å². The zero-order valence-electron chi connectivity index (χ0n) is 11.9. The Bertz CT molecular complexity index is 473. The molecule has 0 saturated heterocycles. The van der Waals surface area contributed by atoms with Crippen LogP contribution in [0.3, 0.4) is 0 Å². The van der Waals surface area contributed by atoms with Crippen molar-refractivity contribution >= 4 is 23.6 Å². The second-order valence-electron chi connectivity index (χ2n) is 4.72. The Kier molecular flexibility index (Phi) is 6.50. The van der Waals surface area contributed by atoms with Crippen LogP contribution in [0.2, 0.25) is 0 Å². The third-order valence-corrected chi connectivity index (χ3v) is 3.40. The Labute approximate surface area is 122 Å². The number of carbonyl (C=O) groups is 2. The first-order valence-corrected chi connectivity index (χ1v) is 7.46. The highest BCUT2D eigenvalue weighted by atomic mass is 32.2. The van der Waals surface area contributed by atoms with Crippen molar-refractivity contribution in [1.29, 1.82) is 0 Å². The number of hydrogen-bond acceptors (Lipinski definition) is 5. The number of thioether (sulfide) groups is 1. The van der Waals surface area contributed by atoms with E-state index in [4.69, 9.17) is 5.11 Å².